The first-order valence-electron chi connectivity index (χ1n) is 6.34. The molecule has 2 aliphatic rings. The molecule has 1 aromatic rings. The maximum absolute atomic E-state index is 12.2. The number of carbonyl (C=O) groups is 1. The molecule has 1 aromatic carbocycles. The highest BCUT2D eigenvalue weighted by molar-refractivity contribution is 5.82. The van der Waals surface area contributed by atoms with Gasteiger partial charge in [-0.1, -0.05) is 42.5 Å². The minimum atomic E-state index is 0.253. The molecular weight excluding hydrogens is 210 g/mol. The SMILES string of the molecule is O=C1C2CCC=CC2CN1Cc1ccccc1. The predicted molar refractivity (Wildman–Crippen MR) is 67.2 cm³/mol. The Balaban J connectivity index is 1.74. The third-order valence-corrected chi connectivity index (χ3v) is 3.82. The topological polar surface area (TPSA) is 20.3 Å². The summed E-state index contributed by atoms with van der Waals surface area (Å²) in [6, 6.07) is 10.2. The molecule has 2 unspecified atom stereocenters. The van der Waals surface area contributed by atoms with Crippen LogP contribution >= 0.6 is 0 Å². The number of carbonyl (C=O) groups excluding carboxylic acids is 1. The first kappa shape index (κ1) is 10.6. The molecule has 0 saturated carbocycles. The van der Waals surface area contributed by atoms with Crippen LogP contribution in [-0.4, -0.2) is 17.4 Å². The normalized spacial score (nSPS) is 27.3. The summed E-state index contributed by atoms with van der Waals surface area (Å²) in [5.74, 6) is 1.06. The summed E-state index contributed by atoms with van der Waals surface area (Å²) in [7, 11) is 0. The third-order valence-electron chi connectivity index (χ3n) is 3.82. The highest BCUT2D eigenvalue weighted by Gasteiger charge is 2.39. The molecule has 0 N–H and O–H groups in total. The molecule has 1 aliphatic heterocycles. The summed E-state index contributed by atoms with van der Waals surface area (Å²) in [4.78, 5) is 14.3. The van der Waals surface area contributed by atoms with E-state index in [1.54, 1.807) is 0 Å². The molecule has 3 rings (SSSR count). The van der Waals surface area contributed by atoms with Gasteiger partial charge in [0.25, 0.3) is 0 Å². The van der Waals surface area contributed by atoms with Crippen LogP contribution in [0.1, 0.15) is 18.4 Å². The van der Waals surface area contributed by atoms with Gasteiger partial charge in [0.2, 0.25) is 5.91 Å². The molecule has 0 bridgehead atoms. The van der Waals surface area contributed by atoms with E-state index in [4.69, 9.17) is 0 Å². The van der Waals surface area contributed by atoms with Gasteiger partial charge in [-0.15, -0.1) is 0 Å². The first-order chi connectivity index (χ1) is 8.34. The monoisotopic (exact) mass is 227 g/mol. The van der Waals surface area contributed by atoms with Crippen LogP contribution in [0.4, 0.5) is 0 Å². The van der Waals surface area contributed by atoms with Crippen LogP contribution in [0.2, 0.25) is 0 Å². The van der Waals surface area contributed by atoms with E-state index in [2.05, 4.69) is 24.3 Å². The zero-order valence-electron chi connectivity index (χ0n) is 9.88. The maximum atomic E-state index is 12.2. The van der Waals surface area contributed by atoms with Crippen molar-refractivity contribution in [2.45, 2.75) is 19.4 Å². The van der Waals surface area contributed by atoms with E-state index < -0.39 is 0 Å². The van der Waals surface area contributed by atoms with Crippen molar-refractivity contribution in [2.24, 2.45) is 11.8 Å². The Hall–Kier alpha value is -1.57. The van der Waals surface area contributed by atoms with Crippen molar-refractivity contribution in [1.82, 2.24) is 4.90 Å². The van der Waals surface area contributed by atoms with Crippen molar-refractivity contribution >= 4 is 5.91 Å². The standard InChI is InChI=1S/C15H17NO/c17-15-14-9-5-4-8-13(14)11-16(15)10-12-6-2-1-3-7-12/h1-4,6-8,13-14H,5,9-11H2. The third kappa shape index (κ3) is 1.99. The van der Waals surface area contributed by atoms with E-state index in [0.29, 0.717) is 11.8 Å². The average molecular weight is 227 g/mol. The lowest BCUT2D eigenvalue weighted by molar-refractivity contribution is -0.131. The molecule has 0 aromatic heterocycles. The van der Waals surface area contributed by atoms with Crippen molar-refractivity contribution in [1.29, 1.82) is 0 Å². The molecular formula is C15H17NO. The van der Waals surface area contributed by atoms with Crippen molar-refractivity contribution in [3.63, 3.8) is 0 Å². The summed E-state index contributed by atoms with van der Waals surface area (Å²) in [6.45, 7) is 1.66. The number of hydrogen-bond donors (Lipinski definition) is 0. The van der Waals surface area contributed by atoms with Crippen LogP contribution < -0.4 is 0 Å². The van der Waals surface area contributed by atoms with Gasteiger partial charge >= 0.3 is 0 Å². The number of benzene rings is 1. The van der Waals surface area contributed by atoms with E-state index >= 15 is 0 Å². The lowest BCUT2D eigenvalue weighted by Gasteiger charge is -2.16. The largest absolute Gasteiger partial charge is 0.337 e. The molecule has 88 valence electrons. The quantitative estimate of drug-likeness (QED) is 0.711. The number of fused-ring (bicyclic) bond motifs is 1. The number of likely N-dealkylation sites (tertiary alicyclic amines) is 1. The molecule has 2 heteroatoms. The van der Waals surface area contributed by atoms with Gasteiger partial charge in [0.05, 0.1) is 0 Å². The van der Waals surface area contributed by atoms with E-state index in [-0.39, 0.29) is 5.92 Å². The number of allylic oxidation sites excluding steroid dienone is 1. The van der Waals surface area contributed by atoms with Crippen LogP contribution in [0.5, 0.6) is 0 Å². The smallest absolute Gasteiger partial charge is 0.226 e. The summed E-state index contributed by atoms with van der Waals surface area (Å²) in [6.07, 6.45) is 6.55. The minimum absolute atomic E-state index is 0.253. The summed E-state index contributed by atoms with van der Waals surface area (Å²) in [5, 5.41) is 0. The van der Waals surface area contributed by atoms with Crippen LogP contribution in [0, 0.1) is 11.8 Å². The Morgan fingerprint density at radius 3 is 2.82 bits per heavy atom. The molecule has 1 saturated heterocycles. The maximum Gasteiger partial charge on any atom is 0.226 e. The predicted octanol–water partition coefficient (Wildman–Crippen LogP) is 2.61. The van der Waals surface area contributed by atoms with Crippen LogP contribution in [0.3, 0.4) is 0 Å². The van der Waals surface area contributed by atoms with Gasteiger partial charge in [-0.2, -0.15) is 0 Å². The Kier molecular flexibility index (Phi) is 2.71. The number of nitrogens with zero attached hydrogens (tertiary/aromatic N) is 1. The Morgan fingerprint density at radius 2 is 2.06 bits per heavy atom. The van der Waals surface area contributed by atoms with E-state index in [1.165, 1.54) is 5.56 Å². The second-order valence-corrected chi connectivity index (χ2v) is 4.98. The zero-order valence-corrected chi connectivity index (χ0v) is 9.88. The molecule has 0 spiro atoms. The van der Waals surface area contributed by atoms with Gasteiger partial charge in [0.15, 0.2) is 0 Å². The number of rotatable bonds is 2. The van der Waals surface area contributed by atoms with Crippen molar-refractivity contribution in [2.75, 3.05) is 6.54 Å². The number of amides is 1. The van der Waals surface area contributed by atoms with Gasteiger partial charge in [-0.3, -0.25) is 4.79 Å². The lowest BCUT2D eigenvalue weighted by Crippen LogP contribution is -2.26. The molecule has 1 aliphatic carbocycles. The van der Waals surface area contributed by atoms with Crippen LogP contribution in [-0.2, 0) is 11.3 Å². The van der Waals surface area contributed by atoms with Gasteiger partial charge in [-0.25, -0.2) is 0 Å². The molecule has 2 atom stereocenters. The Bertz CT molecular complexity index is 437. The fourth-order valence-electron chi connectivity index (χ4n) is 2.91. The van der Waals surface area contributed by atoms with Crippen LogP contribution in [0.25, 0.3) is 0 Å². The van der Waals surface area contributed by atoms with Gasteiger partial charge in [0, 0.05) is 24.9 Å². The second-order valence-electron chi connectivity index (χ2n) is 4.98. The molecule has 17 heavy (non-hydrogen) atoms. The zero-order chi connectivity index (χ0) is 11.7. The highest BCUT2D eigenvalue weighted by atomic mass is 16.2. The molecule has 2 nitrogen and oxygen atoms in total. The molecule has 1 heterocycles. The van der Waals surface area contributed by atoms with Gasteiger partial charge < -0.3 is 4.90 Å². The van der Waals surface area contributed by atoms with E-state index in [0.717, 1.165) is 25.9 Å². The van der Waals surface area contributed by atoms with Crippen LogP contribution in [0.15, 0.2) is 42.5 Å². The van der Waals surface area contributed by atoms with E-state index in [1.807, 2.05) is 23.1 Å². The first-order valence-corrected chi connectivity index (χ1v) is 6.34. The van der Waals surface area contributed by atoms with Crippen molar-refractivity contribution < 1.29 is 4.79 Å². The lowest BCUT2D eigenvalue weighted by atomic mass is 9.87. The van der Waals surface area contributed by atoms with Crippen molar-refractivity contribution in [3.05, 3.63) is 48.0 Å². The highest BCUT2D eigenvalue weighted by Crippen LogP contribution is 2.33. The minimum Gasteiger partial charge on any atom is -0.337 e. The Morgan fingerprint density at radius 1 is 1.24 bits per heavy atom. The fourth-order valence-corrected chi connectivity index (χ4v) is 2.91. The molecule has 0 radical (unpaired) electrons. The van der Waals surface area contributed by atoms with Gasteiger partial charge in [-0.05, 0) is 18.4 Å². The average Bonchev–Trinajstić information content (AvgIpc) is 2.68. The summed E-state index contributed by atoms with van der Waals surface area (Å²) < 4.78 is 0. The second kappa shape index (κ2) is 4.36. The summed E-state index contributed by atoms with van der Waals surface area (Å²) in [5.41, 5.74) is 1.23. The Labute approximate surface area is 102 Å². The van der Waals surface area contributed by atoms with Crippen molar-refractivity contribution in [3.8, 4) is 0 Å². The molecule has 1 fully saturated rings. The molecule has 1 amide bonds. The number of hydrogen-bond acceptors (Lipinski definition) is 1. The summed E-state index contributed by atoms with van der Waals surface area (Å²) >= 11 is 0. The fraction of sp³-hybridized carbons (Fsp3) is 0.400. The van der Waals surface area contributed by atoms with Gasteiger partial charge in [0.1, 0.15) is 0 Å². The van der Waals surface area contributed by atoms with E-state index in [9.17, 15) is 4.79 Å².